The van der Waals surface area contributed by atoms with Gasteiger partial charge in [-0.05, 0) is 45.0 Å². The van der Waals surface area contributed by atoms with Gasteiger partial charge in [-0.25, -0.2) is 13.2 Å². The van der Waals surface area contributed by atoms with Crippen LogP contribution in [0.3, 0.4) is 0 Å². The largest absolute Gasteiger partial charge is 0.459 e. The Morgan fingerprint density at radius 3 is 2.39 bits per heavy atom. The van der Waals surface area contributed by atoms with Gasteiger partial charge < -0.3 is 4.74 Å². The van der Waals surface area contributed by atoms with E-state index in [1.165, 1.54) is 11.4 Å². The molecule has 0 saturated carbocycles. The van der Waals surface area contributed by atoms with Crippen molar-refractivity contribution in [1.29, 1.82) is 0 Å². The minimum atomic E-state index is -3.83. The van der Waals surface area contributed by atoms with Gasteiger partial charge in [0.05, 0.1) is 24.2 Å². The number of rotatable bonds is 5. The Bertz CT molecular complexity index is 1040. The van der Waals surface area contributed by atoms with Gasteiger partial charge in [0.15, 0.2) is 0 Å². The van der Waals surface area contributed by atoms with Crippen LogP contribution in [0.2, 0.25) is 0 Å². The van der Waals surface area contributed by atoms with E-state index in [0.29, 0.717) is 11.3 Å². The number of sulfonamides is 1. The molecule has 0 N–H and O–H groups in total. The number of hydrogen-bond donors (Lipinski definition) is 0. The van der Waals surface area contributed by atoms with Gasteiger partial charge in [0.25, 0.3) is 10.0 Å². The molecule has 0 aliphatic rings. The molecule has 0 spiro atoms. The first-order valence-corrected chi connectivity index (χ1v) is 10.1. The van der Waals surface area contributed by atoms with E-state index >= 15 is 0 Å². The van der Waals surface area contributed by atoms with E-state index < -0.39 is 16.0 Å². The molecule has 0 heterocycles. The third kappa shape index (κ3) is 5.02. The fraction of sp³-hybridized carbons (Fsp3) is 0.227. The number of para-hydroxylation sites is 1. The highest BCUT2D eigenvalue weighted by atomic mass is 32.2. The summed E-state index contributed by atoms with van der Waals surface area (Å²) < 4.78 is 32.7. The standard InChI is InChI=1S/C22H23NO4S/c1-5-17(2)16-23(28(25,26)20-13-10-18(3)11-14-20)21-9-7-6-8-19(21)12-15-22(24)27-4/h5-11,13-14H,16H2,1-4H3/b17-5+. The molecule has 146 valence electrons. The number of anilines is 1. The second-order valence-corrected chi connectivity index (χ2v) is 8.08. The van der Waals surface area contributed by atoms with E-state index in [9.17, 15) is 13.2 Å². The van der Waals surface area contributed by atoms with Crippen molar-refractivity contribution in [2.24, 2.45) is 0 Å². The van der Waals surface area contributed by atoms with E-state index in [1.54, 1.807) is 48.5 Å². The molecule has 28 heavy (non-hydrogen) atoms. The number of carbonyl (C=O) groups is 1. The number of methoxy groups -OCH3 is 1. The van der Waals surface area contributed by atoms with Crippen molar-refractivity contribution in [2.45, 2.75) is 25.7 Å². The van der Waals surface area contributed by atoms with Crippen molar-refractivity contribution < 1.29 is 17.9 Å². The van der Waals surface area contributed by atoms with E-state index in [4.69, 9.17) is 0 Å². The molecule has 6 heteroatoms. The molecule has 2 rings (SSSR count). The fourth-order valence-electron chi connectivity index (χ4n) is 2.42. The van der Waals surface area contributed by atoms with Crippen LogP contribution < -0.4 is 4.31 Å². The Kier molecular flexibility index (Phi) is 7.02. The zero-order valence-electron chi connectivity index (χ0n) is 16.4. The van der Waals surface area contributed by atoms with Crippen molar-refractivity contribution in [1.82, 2.24) is 0 Å². The summed E-state index contributed by atoms with van der Waals surface area (Å²) in [6.07, 6.45) is 1.86. The Morgan fingerprint density at radius 1 is 1.14 bits per heavy atom. The topological polar surface area (TPSA) is 63.7 Å². The number of esters is 1. The first-order valence-electron chi connectivity index (χ1n) is 8.69. The average Bonchev–Trinajstić information content (AvgIpc) is 2.70. The van der Waals surface area contributed by atoms with Gasteiger partial charge in [0.2, 0.25) is 0 Å². The Balaban J connectivity index is 2.63. The van der Waals surface area contributed by atoms with Gasteiger partial charge >= 0.3 is 5.97 Å². The van der Waals surface area contributed by atoms with E-state index in [-0.39, 0.29) is 11.4 Å². The average molecular weight is 397 g/mol. The highest BCUT2D eigenvalue weighted by molar-refractivity contribution is 7.92. The molecule has 5 nitrogen and oxygen atoms in total. The lowest BCUT2D eigenvalue weighted by molar-refractivity contribution is -0.133. The van der Waals surface area contributed by atoms with Gasteiger partial charge in [-0.15, -0.1) is 0 Å². The summed E-state index contributed by atoms with van der Waals surface area (Å²) in [6.45, 7) is 5.79. The molecule has 0 unspecified atom stereocenters. The number of allylic oxidation sites excluding steroid dienone is 1. The third-order valence-corrected chi connectivity index (χ3v) is 5.93. The van der Waals surface area contributed by atoms with Gasteiger partial charge in [-0.3, -0.25) is 4.31 Å². The first-order chi connectivity index (χ1) is 13.3. The summed E-state index contributed by atoms with van der Waals surface area (Å²) in [7, 11) is -2.59. The summed E-state index contributed by atoms with van der Waals surface area (Å²) in [4.78, 5) is 11.6. The molecule has 0 radical (unpaired) electrons. The van der Waals surface area contributed by atoms with Crippen LogP contribution >= 0.6 is 0 Å². The lowest BCUT2D eigenvalue weighted by atomic mass is 10.1. The second kappa shape index (κ2) is 9.25. The zero-order valence-corrected chi connectivity index (χ0v) is 17.2. The lowest BCUT2D eigenvalue weighted by Crippen LogP contribution is -2.33. The predicted molar refractivity (Wildman–Crippen MR) is 110 cm³/mol. The SMILES string of the molecule is C/C=C(\C)CN(c1ccccc1C#CC(=O)OC)S(=O)(=O)c1ccc(C)cc1. The molecule has 0 saturated heterocycles. The molecule has 0 fully saturated rings. The Hall–Kier alpha value is -3.04. The van der Waals surface area contributed by atoms with Gasteiger partial charge in [0.1, 0.15) is 0 Å². The maximum atomic E-state index is 13.4. The van der Waals surface area contributed by atoms with Crippen LogP contribution in [-0.2, 0) is 19.6 Å². The van der Waals surface area contributed by atoms with Crippen LogP contribution in [0.15, 0.2) is 65.1 Å². The summed E-state index contributed by atoms with van der Waals surface area (Å²) >= 11 is 0. The zero-order chi connectivity index (χ0) is 20.7. The molecule has 0 aliphatic heterocycles. The van der Waals surface area contributed by atoms with Crippen molar-refractivity contribution in [3.63, 3.8) is 0 Å². The van der Waals surface area contributed by atoms with Crippen molar-refractivity contribution >= 4 is 21.7 Å². The number of ether oxygens (including phenoxy) is 1. The summed E-state index contributed by atoms with van der Waals surface area (Å²) in [6, 6.07) is 13.5. The Labute approximate surface area is 166 Å². The van der Waals surface area contributed by atoms with Gasteiger partial charge in [-0.1, -0.05) is 47.4 Å². The van der Waals surface area contributed by atoms with Crippen LogP contribution in [-0.4, -0.2) is 28.0 Å². The molecule has 0 aromatic heterocycles. The lowest BCUT2D eigenvalue weighted by Gasteiger charge is -2.26. The molecule has 0 bridgehead atoms. The molecular weight excluding hydrogens is 374 g/mol. The first kappa shape index (κ1) is 21.3. The summed E-state index contributed by atoms with van der Waals surface area (Å²) in [5, 5.41) is 0. The third-order valence-electron chi connectivity index (χ3n) is 4.15. The molecular formula is C22H23NO4S. The second-order valence-electron chi connectivity index (χ2n) is 6.22. The molecule has 2 aromatic rings. The minimum absolute atomic E-state index is 0.170. The van der Waals surface area contributed by atoms with Gasteiger partial charge in [0, 0.05) is 11.5 Å². The molecule has 0 aliphatic carbocycles. The molecule has 0 amide bonds. The van der Waals surface area contributed by atoms with E-state index in [1.807, 2.05) is 26.8 Å². The number of nitrogens with zero attached hydrogens (tertiary/aromatic N) is 1. The maximum Gasteiger partial charge on any atom is 0.384 e. The number of aryl methyl sites for hydroxylation is 1. The minimum Gasteiger partial charge on any atom is -0.459 e. The van der Waals surface area contributed by atoms with Crippen LogP contribution in [0.4, 0.5) is 5.69 Å². The quantitative estimate of drug-likeness (QED) is 0.439. The maximum absolute atomic E-state index is 13.4. The van der Waals surface area contributed by atoms with Crippen molar-refractivity contribution in [3.8, 4) is 11.8 Å². The van der Waals surface area contributed by atoms with Crippen molar-refractivity contribution in [3.05, 3.63) is 71.3 Å². The van der Waals surface area contributed by atoms with Crippen LogP contribution in [0.25, 0.3) is 0 Å². The summed E-state index contributed by atoms with van der Waals surface area (Å²) in [5.74, 6) is 4.39. The van der Waals surface area contributed by atoms with Crippen LogP contribution in [0.5, 0.6) is 0 Å². The molecule has 0 atom stereocenters. The predicted octanol–water partition coefficient (Wildman–Crippen LogP) is 3.68. The van der Waals surface area contributed by atoms with Crippen molar-refractivity contribution in [2.75, 3.05) is 18.0 Å². The molecule has 2 aromatic carbocycles. The highest BCUT2D eigenvalue weighted by Gasteiger charge is 2.26. The monoisotopic (exact) mass is 397 g/mol. The van der Waals surface area contributed by atoms with Gasteiger partial charge in [-0.2, -0.15) is 0 Å². The number of benzene rings is 2. The Morgan fingerprint density at radius 2 is 1.79 bits per heavy atom. The van der Waals surface area contributed by atoms with Crippen LogP contribution in [0.1, 0.15) is 25.0 Å². The smallest absolute Gasteiger partial charge is 0.384 e. The number of hydrogen-bond acceptors (Lipinski definition) is 4. The summed E-state index contributed by atoms with van der Waals surface area (Å²) in [5.41, 5.74) is 2.68. The number of carbonyl (C=O) groups excluding carboxylic acids is 1. The highest BCUT2D eigenvalue weighted by Crippen LogP contribution is 2.28. The van der Waals surface area contributed by atoms with E-state index in [0.717, 1.165) is 11.1 Å². The fourth-order valence-corrected chi connectivity index (χ4v) is 3.95. The van der Waals surface area contributed by atoms with E-state index in [2.05, 4.69) is 16.6 Å². The normalized spacial score (nSPS) is 11.4. The van der Waals surface area contributed by atoms with Crippen LogP contribution in [0, 0.1) is 18.8 Å².